The fraction of sp³-hybridized carbons (Fsp3) is 0.533. The molecule has 1 aliphatic carbocycles. The van der Waals surface area contributed by atoms with Gasteiger partial charge in [-0.15, -0.1) is 0 Å². The number of aryl methyl sites for hydroxylation is 1. The topological polar surface area (TPSA) is 55.6 Å². The predicted molar refractivity (Wildman–Crippen MR) is 78.4 cm³/mol. The van der Waals surface area contributed by atoms with Gasteiger partial charge in [0.25, 0.3) is 0 Å². The van der Waals surface area contributed by atoms with E-state index >= 15 is 0 Å². The Bertz CT molecular complexity index is 604. The van der Waals surface area contributed by atoms with E-state index in [0.29, 0.717) is 24.7 Å². The Morgan fingerprint density at radius 2 is 2.14 bits per heavy atom. The van der Waals surface area contributed by atoms with Crippen LogP contribution in [0.3, 0.4) is 0 Å². The minimum absolute atomic E-state index is 0.247. The second-order valence-electron chi connectivity index (χ2n) is 5.42. The first-order valence-corrected chi connectivity index (χ1v) is 7.55. The molecule has 0 spiro atoms. The number of hydrogen-bond donors (Lipinski definition) is 1. The molecular formula is C15H20FN5. The van der Waals surface area contributed by atoms with Gasteiger partial charge >= 0.3 is 0 Å². The number of hydrogen-bond acceptors (Lipinski definition) is 4. The van der Waals surface area contributed by atoms with Crippen molar-refractivity contribution in [1.29, 1.82) is 0 Å². The zero-order chi connectivity index (χ0) is 14.7. The number of aromatic nitrogens is 4. The third-order valence-electron chi connectivity index (χ3n) is 4.00. The van der Waals surface area contributed by atoms with E-state index in [-0.39, 0.29) is 11.6 Å². The van der Waals surface area contributed by atoms with Crippen LogP contribution in [0.2, 0.25) is 0 Å². The van der Waals surface area contributed by atoms with Crippen molar-refractivity contribution >= 4 is 5.82 Å². The molecule has 1 N–H and O–H groups in total. The minimum atomic E-state index is -0.366. The quantitative estimate of drug-likeness (QED) is 0.919. The molecule has 1 saturated carbocycles. The summed E-state index contributed by atoms with van der Waals surface area (Å²) in [6.45, 7) is 2.34. The lowest BCUT2D eigenvalue weighted by molar-refractivity contribution is 0.463. The van der Waals surface area contributed by atoms with E-state index in [1.807, 2.05) is 23.9 Å². The lowest BCUT2D eigenvalue weighted by Gasteiger charge is -2.09. The van der Waals surface area contributed by atoms with Gasteiger partial charge in [-0.05, 0) is 25.3 Å². The third-order valence-corrected chi connectivity index (χ3v) is 4.00. The molecular weight excluding hydrogens is 269 g/mol. The van der Waals surface area contributed by atoms with E-state index < -0.39 is 0 Å². The van der Waals surface area contributed by atoms with Gasteiger partial charge in [0.05, 0.1) is 24.0 Å². The van der Waals surface area contributed by atoms with Crippen LogP contribution in [0, 0.1) is 5.82 Å². The molecule has 2 aromatic rings. The number of halogens is 1. The fourth-order valence-electron chi connectivity index (χ4n) is 2.79. The molecule has 0 unspecified atom stereocenters. The van der Waals surface area contributed by atoms with Crippen molar-refractivity contribution in [1.82, 2.24) is 19.7 Å². The summed E-state index contributed by atoms with van der Waals surface area (Å²) in [5.41, 5.74) is 1.34. The molecule has 0 aliphatic heterocycles. The van der Waals surface area contributed by atoms with Crippen molar-refractivity contribution in [3.63, 3.8) is 0 Å². The molecule has 21 heavy (non-hydrogen) atoms. The van der Waals surface area contributed by atoms with Crippen LogP contribution in [0.5, 0.6) is 0 Å². The molecule has 5 nitrogen and oxygen atoms in total. The molecule has 0 aromatic carbocycles. The van der Waals surface area contributed by atoms with Crippen molar-refractivity contribution in [2.75, 3.05) is 5.32 Å². The molecule has 0 atom stereocenters. The number of rotatable bonds is 5. The molecule has 1 fully saturated rings. The SMILES string of the molecule is CCc1ncnc(NCc2ccn(C3CCCC3)n2)c1F. The Morgan fingerprint density at radius 1 is 1.33 bits per heavy atom. The molecule has 3 rings (SSSR count). The summed E-state index contributed by atoms with van der Waals surface area (Å²) in [4.78, 5) is 7.88. The lowest BCUT2D eigenvalue weighted by atomic mass is 10.3. The Balaban J connectivity index is 1.65. The average molecular weight is 289 g/mol. The van der Waals surface area contributed by atoms with Crippen molar-refractivity contribution in [2.45, 2.75) is 51.6 Å². The Labute approximate surface area is 123 Å². The van der Waals surface area contributed by atoms with Gasteiger partial charge < -0.3 is 5.32 Å². The monoisotopic (exact) mass is 289 g/mol. The van der Waals surface area contributed by atoms with E-state index in [0.717, 1.165) is 5.69 Å². The van der Waals surface area contributed by atoms with E-state index in [4.69, 9.17) is 0 Å². The fourth-order valence-corrected chi connectivity index (χ4v) is 2.79. The second-order valence-corrected chi connectivity index (χ2v) is 5.42. The minimum Gasteiger partial charge on any atom is -0.362 e. The molecule has 0 bridgehead atoms. The molecule has 2 heterocycles. The molecule has 6 heteroatoms. The lowest BCUT2D eigenvalue weighted by Crippen LogP contribution is -2.09. The summed E-state index contributed by atoms with van der Waals surface area (Å²) in [5.74, 6) is -0.118. The van der Waals surface area contributed by atoms with E-state index in [2.05, 4.69) is 20.4 Å². The van der Waals surface area contributed by atoms with Crippen LogP contribution in [-0.4, -0.2) is 19.7 Å². The van der Waals surface area contributed by atoms with E-state index in [1.54, 1.807) is 0 Å². The van der Waals surface area contributed by atoms with Crippen molar-refractivity contribution in [3.05, 3.63) is 35.8 Å². The van der Waals surface area contributed by atoms with Gasteiger partial charge in [-0.1, -0.05) is 19.8 Å². The summed E-state index contributed by atoms with van der Waals surface area (Å²) in [6.07, 6.45) is 8.93. The molecule has 0 saturated heterocycles. The van der Waals surface area contributed by atoms with Crippen LogP contribution in [-0.2, 0) is 13.0 Å². The maximum Gasteiger partial charge on any atom is 0.186 e. The highest BCUT2D eigenvalue weighted by molar-refractivity contribution is 5.37. The number of anilines is 1. The first-order valence-electron chi connectivity index (χ1n) is 7.55. The normalized spacial score (nSPS) is 15.5. The van der Waals surface area contributed by atoms with Crippen molar-refractivity contribution < 1.29 is 4.39 Å². The molecule has 2 aromatic heterocycles. The summed E-state index contributed by atoms with van der Waals surface area (Å²) in [5, 5.41) is 7.57. The maximum absolute atomic E-state index is 14.0. The van der Waals surface area contributed by atoms with Crippen LogP contribution >= 0.6 is 0 Å². The highest BCUT2D eigenvalue weighted by Crippen LogP contribution is 2.28. The average Bonchev–Trinajstić information content (AvgIpc) is 3.17. The Kier molecular flexibility index (Phi) is 4.13. The first-order chi connectivity index (χ1) is 10.3. The van der Waals surface area contributed by atoms with Crippen LogP contribution in [0.1, 0.15) is 50.0 Å². The van der Waals surface area contributed by atoms with Crippen molar-refractivity contribution in [2.24, 2.45) is 0 Å². The highest BCUT2D eigenvalue weighted by Gasteiger charge is 2.17. The largest absolute Gasteiger partial charge is 0.362 e. The maximum atomic E-state index is 14.0. The zero-order valence-electron chi connectivity index (χ0n) is 12.2. The molecule has 112 valence electrons. The van der Waals surface area contributed by atoms with Crippen LogP contribution in [0.15, 0.2) is 18.6 Å². The number of nitrogens with zero attached hydrogens (tertiary/aromatic N) is 4. The standard InChI is InChI=1S/C15H20FN5/c1-2-13-14(16)15(19-10-18-13)17-9-11-7-8-21(20-11)12-5-3-4-6-12/h7-8,10,12H,2-6,9H2,1H3,(H,17,18,19). The smallest absolute Gasteiger partial charge is 0.186 e. The van der Waals surface area contributed by atoms with E-state index in [9.17, 15) is 4.39 Å². The second kappa shape index (κ2) is 6.20. The van der Waals surface area contributed by atoms with Gasteiger partial charge in [-0.3, -0.25) is 4.68 Å². The van der Waals surface area contributed by atoms with Crippen LogP contribution in [0.4, 0.5) is 10.2 Å². The van der Waals surface area contributed by atoms with Gasteiger partial charge in [0.15, 0.2) is 11.6 Å². The Morgan fingerprint density at radius 3 is 2.90 bits per heavy atom. The summed E-state index contributed by atoms with van der Waals surface area (Å²) < 4.78 is 16.1. The van der Waals surface area contributed by atoms with E-state index in [1.165, 1.54) is 32.0 Å². The number of nitrogens with one attached hydrogen (secondary N) is 1. The first kappa shape index (κ1) is 14.0. The van der Waals surface area contributed by atoms with Gasteiger partial charge in [-0.2, -0.15) is 5.10 Å². The summed E-state index contributed by atoms with van der Waals surface area (Å²) in [6, 6.07) is 2.51. The van der Waals surface area contributed by atoms with Gasteiger partial charge in [0.1, 0.15) is 6.33 Å². The van der Waals surface area contributed by atoms with Gasteiger partial charge in [0.2, 0.25) is 0 Å². The van der Waals surface area contributed by atoms with Crippen LogP contribution in [0.25, 0.3) is 0 Å². The Hall–Kier alpha value is -1.98. The molecule has 1 aliphatic rings. The summed E-state index contributed by atoms with van der Waals surface area (Å²) in [7, 11) is 0. The van der Waals surface area contributed by atoms with Gasteiger partial charge in [-0.25, -0.2) is 14.4 Å². The zero-order valence-corrected chi connectivity index (χ0v) is 12.2. The highest BCUT2D eigenvalue weighted by atomic mass is 19.1. The molecule has 0 radical (unpaired) electrons. The van der Waals surface area contributed by atoms with Gasteiger partial charge in [0, 0.05) is 6.20 Å². The summed E-state index contributed by atoms with van der Waals surface area (Å²) >= 11 is 0. The predicted octanol–water partition coefficient (Wildman–Crippen LogP) is 3.10. The van der Waals surface area contributed by atoms with Crippen molar-refractivity contribution in [3.8, 4) is 0 Å². The molecule has 0 amide bonds. The third kappa shape index (κ3) is 3.04. The van der Waals surface area contributed by atoms with Crippen LogP contribution < -0.4 is 5.32 Å².